The van der Waals surface area contributed by atoms with E-state index in [4.69, 9.17) is 21.1 Å². The van der Waals surface area contributed by atoms with Crippen molar-refractivity contribution in [1.29, 1.82) is 0 Å². The predicted molar refractivity (Wildman–Crippen MR) is 70.6 cm³/mol. The molecule has 0 aromatic heterocycles. The van der Waals surface area contributed by atoms with Crippen molar-refractivity contribution >= 4 is 11.6 Å². The summed E-state index contributed by atoms with van der Waals surface area (Å²) in [5.74, 6) is 1.18. The molecule has 1 heterocycles. The Balaban J connectivity index is 2.11. The highest BCUT2D eigenvalue weighted by Crippen LogP contribution is 2.39. The number of aliphatic hydroxyl groups excluding tert-OH is 1. The Bertz CT molecular complexity index is 411. The Hall–Kier alpha value is -0.970. The van der Waals surface area contributed by atoms with Crippen molar-refractivity contribution in [3.05, 3.63) is 22.7 Å². The SMILES string of the molecule is CCCNCC(O)c1cc(Cl)c2c(c1)OCCO2. The highest BCUT2D eigenvalue weighted by molar-refractivity contribution is 6.32. The van der Waals surface area contributed by atoms with Gasteiger partial charge in [0.1, 0.15) is 13.2 Å². The monoisotopic (exact) mass is 271 g/mol. The van der Waals surface area contributed by atoms with Crippen molar-refractivity contribution in [2.45, 2.75) is 19.4 Å². The van der Waals surface area contributed by atoms with Crippen LogP contribution in [0.5, 0.6) is 11.5 Å². The zero-order valence-corrected chi connectivity index (χ0v) is 11.2. The van der Waals surface area contributed by atoms with Gasteiger partial charge in [0, 0.05) is 6.54 Å². The first-order valence-corrected chi connectivity index (χ1v) is 6.58. The summed E-state index contributed by atoms with van der Waals surface area (Å²) in [4.78, 5) is 0. The molecular formula is C13H18ClNO3. The molecule has 4 nitrogen and oxygen atoms in total. The summed E-state index contributed by atoms with van der Waals surface area (Å²) in [6.45, 7) is 4.49. The largest absolute Gasteiger partial charge is 0.486 e. The van der Waals surface area contributed by atoms with E-state index in [2.05, 4.69) is 12.2 Å². The molecule has 18 heavy (non-hydrogen) atoms. The number of ether oxygens (including phenoxy) is 2. The van der Waals surface area contributed by atoms with Crippen molar-refractivity contribution in [1.82, 2.24) is 5.32 Å². The normalized spacial score (nSPS) is 15.5. The number of rotatable bonds is 5. The number of hydrogen-bond donors (Lipinski definition) is 2. The van der Waals surface area contributed by atoms with Crippen LogP contribution in [0.25, 0.3) is 0 Å². The van der Waals surface area contributed by atoms with Gasteiger partial charge >= 0.3 is 0 Å². The molecule has 1 aromatic carbocycles. The second kappa shape index (κ2) is 6.27. The minimum atomic E-state index is -0.593. The van der Waals surface area contributed by atoms with Gasteiger partial charge in [-0.1, -0.05) is 18.5 Å². The number of fused-ring (bicyclic) bond motifs is 1. The molecule has 1 aromatic rings. The maximum Gasteiger partial charge on any atom is 0.179 e. The van der Waals surface area contributed by atoms with Crippen molar-refractivity contribution < 1.29 is 14.6 Å². The average Bonchev–Trinajstić information content (AvgIpc) is 2.39. The average molecular weight is 272 g/mol. The molecule has 100 valence electrons. The van der Waals surface area contributed by atoms with Crippen LogP contribution in [-0.2, 0) is 0 Å². The third kappa shape index (κ3) is 3.07. The number of benzene rings is 1. The van der Waals surface area contributed by atoms with Gasteiger partial charge in [0.05, 0.1) is 11.1 Å². The van der Waals surface area contributed by atoms with Crippen LogP contribution in [0.15, 0.2) is 12.1 Å². The van der Waals surface area contributed by atoms with Crippen molar-refractivity contribution in [2.75, 3.05) is 26.3 Å². The first-order chi connectivity index (χ1) is 8.72. The minimum absolute atomic E-state index is 0.483. The minimum Gasteiger partial charge on any atom is -0.486 e. The molecular weight excluding hydrogens is 254 g/mol. The van der Waals surface area contributed by atoms with E-state index >= 15 is 0 Å². The van der Waals surface area contributed by atoms with Crippen molar-refractivity contribution in [2.24, 2.45) is 0 Å². The van der Waals surface area contributed by atoms with Crippen LogP contribution in [0, 0.1) is 0 Å². The molecule has 0 saturated heterocycles. The molecule has 5 heteroatoms. The quantitative estimate of drug-likeness (QED) is 0.806. The highest BCUT2D eigenvalue weighted by Gasteiger charge is 2.19. The number of halogens is 1. The van der Waals surface area contributed by atoms with Crippen LogP contribution in [-0.4, -0.2) is 31.4 Å². The van der Waals surface area contributed by atoms with Crippen molar-refractivity contribution in [3.63, 3.8) is 0 Å². The van der Waals surface area contributed by atoms with E-state index in [1.807, 2.05) is 0 Å². The summed E-state index contributed by atoms with van der Waals surface area (Å²) >= 11 is 6.12. The Morgan fingerprint density at radius 1 is 1.39 bits per heavy atom. The first kappa shape index (κ1) is 13.5. The standard InChI is InChI=1S/C13H18ClNO3/c1-2-3-15-8-11(16)9-6-10(14)13-12(7-9)17-4-5-18-13/h6-7,11,15-16H,2-5,8H2,1H3. The van der Waals surface area contributed by atoms with E-state index in [9.17, 15) is 5.11 Å². The molecule has 1 unspecified atom stereocenters. The Kier molecular flexibility index (Phi) is 4.69. The van der Waals surface area contributed by atoms with Gasteiger partial charge in [-0.25, -0.2) is 0 Å². The van der Waals surface area contributed by atoms with Gasteiger partial charge < -0.3 is 19.9 Å². The van der Waals surface area contributed by atoms with E-state index in [1.54, 1.807) is 12.1 Å². The predicted octanol–water partition coefficient (Wildman–Crippen LogP) is 2.14. The van der Waals surface area contributed by atoms with Crippen LogP contribution in [0.2, 0.25) is 5.02 Å². The summed E-state index contributed by atoms with van der Waals surface area (Å²) in [6, 6.07) is 3.52. The van der Waals surface area contributed by atoms with E-state index < -0.39 is 6.10 Å². The fourth-order valence-electron chi connectivity index (χ4n) is 1.86. The van der Waals surface area contributed by atoms with Gasteiger partial charge in [0.15, 0.2) is 11.5 Å². The molecule has 2 N–H and O–H groups in total. The van der Waals surface area contributed by atoms with Crippen LogP contribution in [0.1, 0.15) is 25.0 Å². The molecule has 0 radical (unpaired) electrons. The molecule has 1 aliphatic rings. The molecule has 1 atom stereocenters. The summed E-state index contributed by atoms with van der Waals surface area (Å²) in [5.41, 5.74) is 0.743. The number of aliphatic hydroxyl groups is 1. The summed E-state index contributed by atoms with van der Waals surface area (Å²) in [5, 5.41) is 13.7. The van der Waals surface area contributed by atoms with Crippen LogP contribution >= 0.6 is 11.6 Å². The molecule has 0 aliphatic carbocycles. The van der Waals surface area contributed by atoms with Gasteiger partial charge in [-0.2, -0.15) is 0 Å². The van der Waals surface area contributed by atoms with Crippen LogP contribution in [0.3, 0.4) is 0 Å². The molecule has 0 amide bonds. The van der Waals surface area contributed by atoms with Crippen LogP contribution < -0.4 is 14.8 Å². The zero-order chi connectivity index (χ0) is 13.0. The lowest BCUT2D eigenvalue weighted by Crippen LogP contribution is -2.22. The maximum atomic E-state index is 10.1. The van der Waals surface area contributed by atoms with E-state index in [0.717, 1.165) is 18.5 Å². The number of hydrogen-bond acceptors (Lipinski definition) is 4. The van der Waals surface area contributed by atoms with E-state index in [-0.39, 0.29) is 0 Å². The summed E-state index contributed by atoms with van der Waals surface area (Å²) in [6.07, 6.45) is 0.444. The lowest BCUT2D eigenvalue weighted by molar-refractivity contribution is 0.163. The molecule has 0 fully saturated rings. The van der Waals surface area contributed by atoms with E-state index in [0.29, 0.717) is 36.3 Å². The summed E-state index contributed by atoms with van der Waals surface area (Å²) in [7, 11) is 0. The number of nitrogens with one attached hydrogen (secondary N) is 1. The lowest BCUT2D eigenvalue weighted by Gasteiger charge is -2.21. The topological polar surface area (TPSA) is 50.7 Å². The fraction of sp³-hybridized carbons (Fsp3) is 0.538. The van der Waals surface area contributed by atoms with Gasteiger partial charge in [-0.15, -0.1) is 0 Å². The van der Waals surface area contributed by atoms with Gasteiger partial charge in [0.2, 0.25) is 0 Å². The smallest absolute Gasteiger partial charge is 0.179 e. The van der Waals surface area contributed by atoms with E-state index in [1.165, 1.54) is 0 Å². The third-order valence-corrected chi connectivity index (χ3v) is 3.05. The molecule has 1 aliphatic heterocycles. The second-order valence-corrected chi connectivity index (χ2v) is 4.65. The third-order valence-electron chi connectivity index (χ3n) is 2.77. The highest BCUT2D eigenvalue weighted by atomic mass is 35.5. The first-order valence-electron chi connectivity index (χ1n) is 6.20. The van der Waals surface area contributed by atoms with Gasteiger partial charge in [-0.05, 0) is 30.7 Å². The van der Waals surface area contributed by atoms with Crippen molar-refractivity contribution in [3.8, 4) is 11.5 Å². The second-order valence-electron chi connectivity index (χ2n) is 4.25. The zero-order valence-electron chi connectivity index (χ0n) is 10.4. The van der Waals surface area contributed by atoms with Crippen LogP contribution in [0.4, 0.5) is 0 Å². The molecule has 0 bridgehead atoms. The lowest BCUT2D eigenvalue weighted by atomic mass is 10.1. The van der Waals surface area contributed by atoms with Gasteiger partial charge in [0.25, 0.3) is 0 Å². The summed E-state index contributed by atoms with van der Waals surface area (Å²) < 4.78 is 10.9. The van der Waals surface area contributed by atoms with Gasteiger partial charge in [-0.3, -0.25) is 0 Å². The molecule has 0 spiro atoms. The maximum absolute atomic E-state index is 10.1. The Morgan fingerprint density at radius 3 is 2.94 bits per heavy atom. The fourth-order valence-corrected chi connectivity index (χ4v) is 2.13. The molecule has 0 saturated carbocycles. The Morgan fingerprint density at radius 2 is 2.17 bits per heavy atom. The molecule has 2 rings (SSSR count). The Labute approximate surface area is 112 Å².